The molecule has 0 unspecified atom stereocenters. The van der Waals surface area contributed by atoms with Crippen molar-refractivity contribution in [3.05, 3.63) is 60.0 Å². The molecule has 0 radical (unpaired) electrons. The van der Waals surface area contributed by atoms with Gasteiger partial charge in [0.25, 0.3) is 0 Å². The van der Waals surface area contributed by atoms with Crippen LogP contribution in [-0.4, -0.2) is 40.3 Å². The largest absolute Gasteiger partial charge is 0.464 e. The Labute approximate surface area is 171 Å². The van der Waals surface area contributed by atoms with E-state index in [-0.39, 0.29) is 5.70 Å². The summed E-state index contributed by atoms with van der Waals surface area (Å²) in [7, 11) is 5.14. The van der Waals surface area contributed by atoms with Crippen LogP contribution in [0.3, 0.4) is 0 Å². The number of anilines is 3. The molecule has 0 saturated carbocycles. The van der Waals surface area contributed by atoms with E-state index in [9.17, 15) is 4.79 Å². The Morgan fingerprint density at radius 1 is 0.966 bits per heavy atom. The number of carbonyl (C=O) groups is 1. The van der Waals surface area contributed by atoms with Gasteiger partial charge in [-0.25, -0.2) is 4.79 Å². The summed E-state index contributed by atoms with van der Waals surface area (Å²) in [5, 5.41) is 8.58. The van der Waals surface area contributed by atoms with Gasteiger partial charge in [0.1, 0.15) is 5.82 Å². The Bertz CT molecular complexity index is 901. The number of rotatable bonds is 6. The van der Waals surface area contributed by atoms with Gasteiger partial charge in [0, 0.05) is 32.9 Å². The van der Waals surface area contributed by atoms with Crippen LogP contribution in [0.1, 0.15) is 13.8 Å². The van der Waals surface area contributed by atoms with Crippen LogP contribution in [0, 0.1) is 0 Å². The molecule has 3 rings (SSSR count). The quantitative estimate of drug-likeness (QED) is 0.409. The summed E-state index contributed by atoms with van der Waals surface area (Å²) in [5.41, 5.74) is 3.94. The standard InChI is InChI=1S/C22H27N5O2/c1-6-27(7-2)17-14-12-16(13-15-17)23-24-20(22(28)29-5)21-25(3)18-10-8-9-11-19(18)26(21)4/h8-15H,6-7H2,1-5H3/b24-23+. The maximum atomic E-state index is 12.5. The zero-order chi connectivity index (χ0) is 21.0. The topological polar surface area (TPSA) is 60.7 Å². The van der Waals surface area contributed by atoms with Crippen molar-refractivity contribution < 1.29 is 9.53 Å². The zero-order valence-electron chi connectivity index (χ0n) is 17.6. The molecule has 0 saturated heterocycles. The number of carbonyl (C=O) groups excluding carboxylic acids is 1. The molecule has 7 heteroatoms. The Morgan fingerprint density at radius 2 is 1.52 bits per heavy atom. The minimum atomic E-state index is -0.532. The summed E-state index contributed by atoms with van der Waals surface area (Å²) in [4.78, 5) is 18.6. The van der Waals surface area contributed by atoms with Crippen LogP contribution in [0.25, 0.3) is 0 Å². The fourth-order valence-electron chi connectivity index (χ4n) is 3.50. The van der Waals surface area contributed by atoms with Gasteiger partial charge in [-0.05, 0) is 50.2 Å². The van der Waals surface area contributed by atoms with Gasteiger partial charge in [0.05, 0.1) is 24.2 Å². The molecule has 29 heavy (non-hydrogen) atoms. The first-order valence-corrected chi connectivity index (χ1v) is 9.67. The van der Waals surface area contributed by atoms with Gasteiger partial charge in [0.15, 0.2) is 0 Å². The van der Waals surface area contributed by atoms with Crippen molar-refractivity contribution >= 4 is 28.7 Å². The van der Waals surface area contributed by atoms with Gasteiger partial charge in [-0.1, -0.05) is 12.1 Å². The second kappa shape index (κ2) is 8.77. The lowest BCUT2D eigenvalue weighted by molar-refractivity contribution is -0.136. The Morgan fingerprint density at radius 3 is 2.00 bits per heavy atom. The van der Waals surface area contributed by atoms with E-state index in [2.05, 4.69) is 29.0 Å². The molecule has 7 nitrogen and oxygen atoms in total. The number of nitrogens with zero attached hydrogens (tertiary/aromatic N) is 5. The summed E-state index contributed by atoms with van der Waals surface area (Å²) in [6.07, 6.45) is 0. The molecule has 0 spiro atoms. The molecule has 2 aromatic carbocycles. The smallest absolute Gasteiger partial charge is 0.362 e. The van der Waals surface area contributed by atoms with Gasteiger partial charge in [0.2, 0.25) is 5.70 Å². The minimum Gasteiger partial charge on any atom is -0.464 e. The van der Waals surface area contributed by atoms with Crippen molar-refractivity contribution in [1.82, 2.24) is 0 Å². The number of hydrogen-bond donors (Lipinski definition) is 0. The molecule has 0 N–H and O–H groups in total. The molecular weight excluding hydrogens is 366 g/mol. The van der Waals surface area contributed by atoms with Gasteiger partial charge in [-0.2, -0.15) is 5.11 Å². The van der Waals surface area contributed by atoms with Crippen molar-refractivity contribution in [2.24, 2.45) is 10.2 Å². The van der Waals surface area contributed by atoms with E-state index in [1.54, 1.807) is 0 Å². The first-order chi connectivity index (χ1) is 14.0. The molecule has 0 atom stereocenters. The molecule has 1 aliphatic rings. The van der Waals surface area contributed by atoms with E-state index in [1.165, 1.54) is 7.11 Å². The van der Waals surface area contributed by atoms with Crippen molar-refractivity contribution in [3.63, 3.8) is 0 Å². The number of hydrogen-bond acceptors (Lipinski definition) is 7. The lowest BCUT2D eigenvalue weighted by Gasteiger charge is -2.20. The van der Waals surface area contributed by atoms with Gasteiger partial charge in [-0.15, -0.1) is 5.11 Å². The van der Waals surface area contributed by atoms with Crippen LogP contribution >= 0.6 is 0 Å². The Hall–Kier alpha value is -3.35. The molecule has 0 bridgehead atoms. The maximum absolute atomic E-state index is 12.5. The summed E-state index contributed by atoms with van der Waals surface area (Å²) >= 11 is 0. The third-order valence-electron chi connectivity index (χ3n) is 5.07. The third kappa shape index (κ3) is 3.94. The normalized spacial score (nSPS) is 13.1. The summed E-state index contributed by atoms with van der Waals surface area (Å²) in [6, 6.07) is 15.7. The highest BCUT2D eigenvalue weighted by atomic mass is 16.5. The predicted molar refractivity (Wildman–Crippen MR) is 117 cm³/mol. The number of azo groups is 1. The van der Waals surface area contributed by atoms with E-state index in [0.29, 0.717) is 11.5 Å². The van der Waals surface area contributed by atoms with Gasteiger partial charge in [-0.3, -0.25) is 0 Å². The van der Waals surface area contributed by atoms with Crippen molar-refractivity contribution in [2.45, 2.75) is 13.8 Å². The Balaban J connectivity index is 1.95. The highest BCUT2D eigenvalue weighted by Gasteiger charge is 2.32. The Kier molecular flexibility index (Phi) is 6.16. The molecule has 1 aliphatic heterocycles. The lowest BCUT2D eigenvalue weighted by atomic mass is 10.2. The number of fused-ring (bicyclic) bond motifs is 1. The van der Waals surface area contributed by atoms with E-state index in [4.69, 9.17) is 4.74 Å². The molecular formula is C22H27N5O2. The van der Waals surface area contributed by atoms with E-state index in [1.807, 2.05) is 72.4 Å². The highest BCUT2D eigenvalue weighted by Crippen LogP contribution is 2.40. The lowest BCUT2D eigenvalue weighted by Crippen LogP contribution is -2.26. The van der Waals surface area contributed by atoms with Gasteiger partial charge >= 0.3 is 5.97 Å². The summed E-state index contributed by atoms with van der Waals surface area (Å²) < 4.78 is 4.98. The van der Waals surface area contributed by atoms with Crippen LogP contribution in [0.4, 0.5) is 22.7 Å². The average molecular weight is 393 g/mol. The van der Waals surface area contributed by atoms with Crippen LogP contribution < -0.4 is 14.7 Å². The predicted octanol–water partition coefficient (Wildman–Crippen LogP) is 4.54. The van der Waals surface area contributed by atoms with Crippen LogP contribution in [0.2, 0.25) is 0 Å². The highest BCUT2D eigenvalue weighted by molar-refractivity contribution is 5.93. The van der Waals surface area contributed by atoms with Crippen LogP contribution in [0.15, 0.2) is 70.3 Å². The fraction of sp³-hybridized carbons (Fsp3) is 0.318. The molecule has 0 aliphatic carbocycles. The molecule has 152 valence electrons. The molecule has 1 heterocycles. The third-order valence-corrected chi connectivity index (χ3v) is 5.07. The summed E-state index contributed by atoms with van der Waals surface area (Å²) in [5.74, 6) is 0.0941. The first kappa shape index (κ1) is 20.4. The maximum Gasteiger partial charge on any atom is 0.362 e. The van der Waals surface area contributed by atoms with Crippen LogP contribution in [0.5, 0.6) is 0 Å². The molecule has 0 amide bonds. The molecule has 0 aromatic heterocycles. The average Bonchev–Trinajstić information content (AvgIpc) is 3.01. The van der Waals surface area contributed by atoms with Crippen molar-refractivity contribution in [3.8, 4) is 0 Å². The number of ether oxygens (including phenoxy) is 1. The second-order valence-corrected chi connectivity index (χ2v) is 6.66. The van der Waals surface area contributed by atoms with E-state index >= 15 is 0 Å². The van der Waals surface area contributed by atoms with E-state index < -0.39 is 5.97 Å². The van der Waals surface area contributed by atoms with E-state index in [0.717, 1.165) is 30.2 Å². The monoisotopic (exact) mass is 393 g/mol. The van der Waals surface area contributed by atoms with Crippen molar-refractivity contribution in [2.75, 3.05) is 49.0 Å². The SMILES string of the molecule is CCN(CC)c1ccc(/N=N/C(C(=O)OC)=C2N(C)c3ccccc3N2C)cc1. The second-order valence-electron chi connectivity index (χ2n) is 6.66. The van der Waals surface area contributed by atoms with Gasteiger partial charge < -0.3 is 19.4 Å². The molecule has 0 fully saturated rings. The molecule has 2 aromatic rings. The van der Waals surface area contributed by atoms with Crippen molar-refractivity contribution in [1.29, 1.82) is 0 Å². The summed E-state index contributed by atoms with van der Waals surface area (Å²) in [6.45, 7) is 6.13. The number of esters is 1. The van der Waals surface area contributed by atoms with Crippen LogP contribution in [-0.2, 0) is 9.53 Å². The number of para-hydroxylation sites is 2. The fourth-order valence-corrected chi connectivity index (χ4v) is 3.50. The minimum absolute atomic E-state index is 0.154. The zero-order valence-corrected chi connectivity index (χ0v) is 17.6. The first-order valence-electron chi connectivity index (χ1n) is 9.67. The number of benzene rings is 2. The number of methoxy groups -OCH3 is 1.